The Kier molecular flexibility index (Phi) is 7.17. The van der Waals surface area contributed by atoms with Gasteiger partial charge in [0.2, 0.25) is 0 Å². The Morgan fingerprint density at radius 3 is 2.41 bits per heavy atom. The van der Waals surface area contributed by atoms with Gasteiger partial charge in [-0.3, -0.25) is 4.79 Å². The Morgan fingerprint density at radius 2 is 2.00 bits per heavy atom. The summed E-state index contributed by atoms with van der Waals surface area (Å²) in [6, 6.07) is 0. The second kappa shape index (κ2) is 7.52. The van der Waals surface area contributed by atoms with Crippen LogP contribution in [0.4, 0.5) is 0 Å². The van der Waals surface area contributed by atoms with E-state index in [-0.39, 0.29) is 17.5 Å². The first kappa shape index (κ1) is 16.2. The molecule has 0 aromatic rings. The molecule has 0 heterocycles. The van der Waals surface area contributed by atoms with Gasteiger partial charge in [-0.05, 0) is 39.0 Å². The van der Waals surface area contributed by atoms with Gasteiger partial charge in [0.05, 0.1) is 5.92 Å². The average Bonchev–Trinajstić information content (AvgIpc) is 2.23. The summed E-state index contributed by atoms with van der Waals surface area (Å²) in [6.07, 6.45) is 6.17. The van der Waals surface area contributed by atoms with Gasteiger partial charge in [-0.1, -0.05) is 33.3 Å². The summed E-state index contributed by atoms with van der Waals surface area (Å²) < 4.78 is 5.51. The highest BCUT2D eigenvalue weighted by Gasteiger charge is 2.25. The van der Waals surface area contributed by atoms with Crippen LogP contribution in [0.3, 0.4) is 0 Å². The number of ether oxygens (including phenoxy) is 1. The minimum Gasteiger partial charge on any atom is -0.459 e. The van der Waals surface area contributed by atoms with E-state index >= 15 is 0 Å². The third kappa shape index (κ3) is 7.19. The van der Waals surface area contributed by atoms with Gasteiger partial charge in [0.15, 0.2) is 0 Å². The molecule has 0 aliphatic carbocycles. The quantitative estimate of drug-likeness (QED) is 0.466. The predicted molar refractivity (Wildman–Crippen MR) is 72.8 cm³/mol. The monoisotopic (exact) mass is 240 g/mol. The van der Waals surface area contributed by atoms with Crippen molar-refractivity contribution >= 4 is 5.97 Å². The molecule has 0 radical (unpaired) electrons. The summed E-state index contributed by atoms with van der Waals surface area (Å²) >= 11 is 0. The van der Waals surface area contributed by atoms with Gasteiger partial charge in [-0.2, -0.15) is 0 Å². The zero-order valence-corrected chi connectivity index (χ0v) is 12.1. The van der Waals surface area contributed by atoms with Crippen molar-refractivity contribution in [1.29, 1.82) is 0 Å². The van der Waals surface area contributed by atoms with Crippen molar-refractivity contribution in [2.45, 2.75) is 65.9 Å². The van der Waals surface area contributed by atoms with Gasteiger partial charge in [-0.25, -0.2) is 0 Å². The molecule has 0 N–H and O–H groups in total. The van der Waals surface area contributed by atoms with Gasteiger partial charge in [0.25, 0.3) is 0 Å². The van der Waals surface area contributed by atoms with Gasteiger partial charge in [-0.15, -0.1) is 6.58 Å². The Morgan fingerprint density at radius 1 is 1.41 bits per heavy atom. The number of esters is 1. The van der Waals surface area contributed by atoms with E-state index in [1.807, 2.05) is 33.8 Å². The summed E-state index contributed by atoms with van der Waals surface area (Å²) in [5, 5.41) is 0. The Balaban J connectivity index is 4.15. The van der Waals surface area contributed by atoms with Crippen molar-refractivity contribution in [2.75, 3.05) is 0 Å². The van der Waals surface area contributed by atoms with Gasteiger partial charge < -0.3 is 4.74 Å². The highest BCUT2D eigenvalue weighted by Crippen LogP contribution is 2.24. The molecule has 0 rings (SSSR count). The maximum atomic E-state index is 11.6. The van der Waals surface area contributed by atoms with E-state index in [0.717, 1.165) is 25.7 Å². The molecule has 0 saturated carbocycles. The SMILES string of the molecule is C=CCC(CC)CCC(C)(C)OC(=O)C(C)C. The fourth-order valence-electron chi connectivity index (χ4n) is 1.72. The number of hydrogen-bond acceptors (Lipinski definition) is 2. The predicted octanol–water partition coefficient (Wildman–Crippen LogP) is 4.35. The Hall–Kier alpha value is -0.790. The van der Waals surface area contributed by atoms with Crippen LogP contribution in [-0.4, -0.2) is 11.6 Å². The number of carbonyl (C=O) groups is 1. The molecule has 17 heavy (non-hydrogen) atoms. The van der Waals surface area contributed by atoms with E-state index in [4.69, 9.17) is 4.74 Å². The first-order valence-electron chi connectivity index (χ1n) is 6.66. The zero-order valence-electron chi connectivity index (χ0n) is 12.1. The minimum absolute atomic E-state index is 0.0515. The first-order chi connectivity index (χ1) is 7.82. The van der Waals surface area contributed by atoms with Crippen molar-refractivity contribution in [3.8, 4) is 0 Å². The molecule has 0 saturated heterocycles. The fraction of sp³-hybridized carbons (Fsp3) is 0.800. The van der Waals surface area contributed by atoms with Crippen LogP contribution in [0.25, 0.3) is 0 Å². The second-order valence-corrected chi connectivity index (χ2v) is 5.67. The van der Waals surface area contributed by atoms with Crippen LogP contribution in [-0.2, 0) is 9.53 Å². The fourth-order valence-corrected chi connectivity index (χ4v) is 1.72. The van der Waals surface area contributed by atoms with E-state index in [9.17, 15) is 4.79 Å². The Labute approximate surface area is 106 Å². The van der Waals surface area contributed by atoms with E-state index in [2.05, 4.69) is 13.5 Å². The topological polar surface area (TPSA) is 26.3 Å². The normalized spacial score (nSPS) is 13.5. The van der Waals surface area contributed by atoms with Crippen molar-refractivity contribution in [3.05, 3.63) is 12.7 Å². The molecule has 1 atom stereocenters. The molecule has 100 valence electrons. The lowest BCUT2D eigenvalue weighted by Crippen LogP contribution is -2.30. The molecule has 1 unspecified atom stereocenters. The maximum absolute atomic E-state index is 11.6. The first-order valence-corrected chi connectivity index (χ1v) is 6.66. The Bertz CT molecular complexity index is 241. The molecule has 0 aliphatic heterocycles. The van der Waals surface area contributed by atoms with E-state index in [1.54, 1.807) is 0 Å². The molecule has 0 aromatic heterocycles. The molecule has 0 amide bonds. The van der Waals surface area contributed by atoms with Crippen LogP contribution >= 0.6 is 0 Å². The van der Waals surface area contributed by atoms with Gasteiger partial charge in [0, 0.05) is 0 Å². The molecule has 0 aromatic carbocycles. The highest BCUT2D eigenvalue weighted by atomic mass is 16.6. The van der Waals surface area contributed by atoms with Crippen molar-refractivity contribution in [1.82, 2.24) is 0 Å². The molecule has 2 heteroatoms. The number of rotatable bonds is 8. The summed E-state index contributed by atoms with van der Waals surface area (Å²) in [5.41, 5.74) is -0.351. The lowest BCUT2D eigenvalue weighted by atomic mass is 9.91. The van der Waals surface area contributed by atoms with Gasteiger partial charge >= 0.3 is 5.97 Å². The largest absolute Gasteiger partial charge is 0.459 e. The molecule has 0 aliphatic rings. The lowest BCUT2D eigenvalue weighted by molar-refractivity contribution is -0.161. The van der Waals surface area contributed by atoms with E-state index in [1.165, 1.54) is 0 Å². The smallest absolute Gasteiger partial charge is 0.308 e. The average molecular weight is 240 g/mol. The summed E-state index contributed by atoms with van der Waals surface area (Å²) in [5.74, 6) is 0.501. The van der Waals surface area contributed by atoms with Crippen LogP contribution in [0.2, 0.25) is 0 Å². The molecule has 0 spiro atoms. The zero-order chi connectivity index (χ0) is 13.5. The van der Waals surface area contributed by atoms with Crippen LogP contribution in [0.15, 0.2) is 12.7 Å². The van der Waals surface area contributed by atoms with Crippen LogP contribution < -0.4 is 0 Å². The van der Waals surface area contributed by atoms with E-state index in [0.29, 0.717) is 5.92 Å². The number of hydrogen-bond donors (Lipinski definition) is 0. The van der Waals surface area contributed by atoms with Crippen LogP contribution in [0.5, 0.6) is 0 Å². The summed E-state index contributed by atoms with van der Waals surface area (Å²) in [6.45, 7) is 13.7. The minimum atomic E-state index is -0.351. The van der Waals surface area contributed by atoms with Crippen LogP contribution in [0, 0.1) is 11.8 Å². The van der Waals surface area contributed by atoms with Crippen LogP contribution in [0.1, 0.15) is 60.3 Å². The summed E-state index contributed by atoms with van der Waals surface area (Å²) in [4.78, 5) is 11.6. The van der Waals surface area contributed by atoms with E-state index < -0.39 is 0 Å². The molecule has 0 bridgehead atoms. The summed E-state index contributed by atoms with van der Waals surface area (Å²) in [7, 11) is 0. The van der Waals surface area contributed by atoms with Gasteiger partial charge in [0.1, 0.15) is 5.60 Å². The van der Waals surface area contributed by atoms with Crippen molar-refractivity contribution < 1.29 is 9.53 Å². The molecular formula is C15H28O2. The number of carbonyl (C=O) groups excluding carboxylic acids is 1. The van der Waals surface area contributed by atoms with Crippen molar-refractivity contribution in [3.63, 3.8) is 0 Å². The molecule has 0 fully saturated rings. The standard InChI is InChI=1S/C15H28O2/c1-7-9-13(8-2)10-11-15(5,6)17-14(16)12(3)4/h7,12-13H,1,8-11H2,2-6H3. The third-order valence-corrected chi connectivity index (χ3v) is 3.08. The highest BCUT2D eigenvalue weighted by molar-refractivity contribution is 5.71. The molecule has 2 nitrogen and oxygen atoms in total. The lowest BCUT2D eigenvalue weighted by Gasteiger charge is -2.27. The third-order valence-electron chi connectivity index (χ3n) is 3.08. The number of allylic oxidation sites excluding steroid dienone is 1. The maximum Gasteiger partial charge on any atom is 0.308 e. The second-order valence-electron chi connectivity index (χ2n) is 5.67. The molecular weight excluding hydrogens is 212 g/mol. The van der Waals surface area contributed by atoms with Crippen molar-refractivity contribution in [2.24, 2.45) is 11.8 Å².